The second-order valence-corrected chi connectivity index (χ2v) is 4.17. The number of halogens is 1. The van der Waals surface area contributed by atoms with Crippen molar-refractivity contribution in [3.63, 3.8) is 0 Å². The van der Waals surface area contributed by atoms with Gasteiger partial charge in [0.25, 0.3) is 5.91 Å². The van der Waals surface area contributed by atoms with Crippen LogP contribution in [0.25, 0.3) is 21.9 Å². The highest BCUT2D eigenvalue weighted by Crippen LogP contribution is 2.34. The van der Waals surface area contributed by atoms with Crippen LogP contribution in [0.3, 0.4) is 0 Å². The molecule has 2 N–H and O–H groups in total. The molecule has 0 unspecified atom stereocenters. The van der Waals surface area contributed by atoms with Crippen LogP contribution >= 0.6 is 11.6 Å². The highest BCUT2D eigenvalue weighted by Gasteiger charge is 2.17. The molecule has 84 valence electrons. The molecule has 0 aliphatic rings. The fourth-order valence-corrected chi connectivity index (χ4v) is 2.28. The monoisotopic (exact) mass is 245 g/mol. The number of hydrogen-bond donors (Lipinski definition) is 1. The number of rotatable bonds is 1. The van der Waals surface area contributed by atoms with Crippen LogP contribution < -0.4 is 5.73 Å². The van der Waals surface area contributed by atoms with Crippen molar-refractivity contribution in [2.45, 2.75) is 0 Å². The summed E-state index contributed by atoms with van der Waals surface area (Å²) in [7, 11) is 0. The van der Waals surface area contributed by atoms with Crippen molar-refractivity contribution in [1.82, 2.24) is 0 Å². The first-order chi connectivity index (χ1) is 8.18. The minimum absolute atomic E-state index is 0.314. The largest absolute Gasteiger partial charge is 0.456 e. The summed E-state index contributed by atoms with van der Waals surface area (Å²) in [6.45, 7) is 0. The van der Waals surface area contributed by atoms with Crippen molar-refractivity contribution >= 4 is 39.4 Å². The summed E-state index contributed by atoms with van der Waals surface area (Å²) < 4.78 is 5.63. The van der Waals surface area contributed by atoms with Gasteiger partial charge < -0.3 is 10.2 Å². The fraction of sp³-hybridized carbons (Fsp3) is 0. The van der Waals surface area contributed by atoms with Gasteiger partial charge in [0.1, 0.15) is 11.2 Å². The zero-order valence-electron chi connectivity index (χ0n) is 8.74. The van der Waals surface area contributed by atoms with E-state index in [1.54, 1.807) is 12.1 Å². The second-order valence-electron chi connectivity index (χ2n) is 3.76. The summed E-state index contributed by atoms with van der Waals surface area (Å²) >= 11 is 6.01. The lowest BCUT2D eigenvalue weighted by molar-refractivity contribution is 0.100. The number of carbonyl (C=O) groups excluding carboxylic acids is 1. The molecule has 0 aliphatic heterocycles. The van der Waals surface area contributed by atoms with Crippen molar-refractivity contribution in [3.8, 4) is 0 Å². The van der Waals surface area contributed by atoms with E-state index >= 15 is 0 Å². The molecule has 3 aromatic rings. The number of primary amides is 1. The zero-order chi connectivity index (χ0) is 12.0. The Balaban J connectivity index is 2.60. The van der Waals surface area contributed by atoms with Gasteiger partial charge in [0.2, 0.25) is 0 Å². The van der Waals surface area contributed by atoms with Gasteiger partial charge in [0.05, 0.1) is 10.6 Å². The molecular weight excluding hydrogens is 238 g/mol. The van der Waals surface area contributed by atoms with Gasteiger partial charge in [-0.05, 0) is 18.2 Å². The normalized spacial score (nSPS) is 11.1. The van der Waals surface area contributed by atoms with E-state index in [9.17, 15) is 4.79 Å². The van der Waals surface area contributed by atoms with Crippen LogP contribution in [0.1, 0.15) is 10.4 Å². The van der Waals surface area contributed by atoms with Crippen molar-refractivity contribution in [2.75, 3.05) is 0 Å². The van der Waals surface area contributed by atoms with Crippen LogP contribution in [-0.2, 0) is 0 Å². The number of furan rings is 1. The Hall–Kier alpha value is -2.00. The summed E-state index contributed by atoms with van der Waals surface area (Å²) in [5.74, 6) is -0.549. The molecule has 1 aromatic heterocycles. The predicted octanol–water partition coefficient (Wildman–Crippen LogP) is 3.34. The van der Waals surface area contributed by atoms with Crippen LogP contribution in [0.15, 0.2) is 40.8 Å². The Morgan fingerprint density at radius 3 is 2.65 bits per heavy atom. The minimum Gasteiger partial charge on any atom is -0.456 e. The first-order valence-corrected chi connectivity index (χ1v) is 5.46. The molecule has 3 nitrogen and oxygen atoms in total. The third-order valence-corrected chi connectivity index (χ3v) is 3.05. The Kier molecular flexibility index (Phi) is 2.09. The van der Waals surface area contributed by atoms with E-state index in [0.717, 1.165) is 5.39 Å². The Bertz CT molecular complexity index is 746. The zero-order valence-corrected chi connectivity index (χ0v) is 9.49. The Labute approximate surface area is 102 Å². The maximum atomic E-state index is 11.5. The minimum atomic E-state index is -0.549. The molecule has 1 heterocycles. The quantitative estimate of drug-likeness (QED) is 0.715. The molecule has 2 aromatic carbocycles. The summed E-state index contributed by atoms with van der Waals surface area (Å²) in [5, 5.41) is 1.87. The predicted molar refractivity (Wildman–Crippen MR) is 67.2 cm³/mol. The molecular formula is C13H8ClNO2. The standard InChI is InChI=1S/C13H8ClNO2/c14-8-5-6-10-11(12(8)13(15)16)7-3-1-2-4-9(7)17-10/h1-6H,(H2,15,16). The Morgan fingerprint density at radius 2 is 1.88 bits per heavy atom. The number of benzene rings is 2. The number of fused-ring (bicyclic) bond motifs is 3. The average molecular weight is 246 g/mol. The van der Waals surface area contributed by atoms with E-state index in [-0.39, 0.29) is 0 Å². The fourth-order valence-electron chi connectivity index (χ4n) is 2.03. The van der Waals surface area contributed by atoms with Crippen LogP contribution in [-0.4, -0.2) is 5.91 Å². The maximum absolute atomic E-state index is 11.5. The average Bonchev–Trinajstić information content (AvgIpc) is 2.67. The third-order valence-electron chi connectivity index (χ3n) is 2.74. The smallest absolute Gasteiger partial charge is 0.250 e. The first kappa shape index (κ1) is 10.2. The third kappa shape index (κ3) is 1.40. The summed E-state index contributed by atoms with van der Waals surface area (Å²) in [5.41, 5.74) is 7.01. The number of hydrogen-bond acceptors (Lipinski definition) is 2. The van der Waals surface area contributed by atoms with Gasteiger partial charge in [0.15, 0.2) is 0 Å². The maximum Gasteiger partial charge on any atom is 0.250 e. The molecule has 0 saturated carbocycles. The van der Waals surface area contributed by atoms with E-state index in [1.807, 2.05) is 24.3 Å². The van der Waals surface area contributed by atoms with Crippen molar-refractivity contribution in [2.24, 2.45) is 5.73 Å². The van der Waals surface area contributed by atoms with Gasteiger partial charge in [-0.3, -0.25) is 4.79 Å². The second kappa shape index (κ2) is 3.50. The highest BCUT2D eigenvalue weighted by molar-refractivity contribution is 6.36. The lowest BCUT2D eigenvalue weighted by Crippen LogP contribution is -2.11. The van der Waals surface area contributed by atoms with Gasteiger partial charge in [0, 0.05) is 10.8 Å². The lowest BCUT2D eigenvalue weighted by atomic mass is 10.1. The van der Waals surface area contributed by atoms with E-state index in [2.05, 4.69) is 0 Å². The van der Waals surface area contributed by atoms with Crippen LogP contribution in [0.5, 0.6) is 0 Å². The van der Waals surface area contributed by atoms with E-state index in [0.29, 0.717) is 27.1 Å². The van der Waals surface area contributed by atoms with Gasteiger partial charge in [-0.2, -0.15) is 0 Å². The summed E-state index contributed by atoms with van der Waals surface area (Å²) in [6.07, 6.45) is 0. The number of para-hydroxylation sites is 1. The van der Waals surface area contributed by atoms with Crippen LogP contribution in [0.4, 0.5) is 0 Å². The van der Waals surface area contributed by atoms with Crippen molar-refractivity contribution in [3.05, 3.63) is 47.0 Å². The molecule has 4 heteroatoms. The van der Waals surface area contributed by atoms with Crippen molar-refractivity contribution < 1.29 is 9.21 Å². The first-order valence-electron chi connectivity index (χ1n) is 5.08. The molecule has 1 amide bonds. The number of amides is 1. The van der Waals surface area contributed by atoms with E-state index in [4.69, 9.17) is 21.8 Å². The molecule has 0 spiro atoms. The number of nitrogens with two attached hydrogens (primary N) is 1. The molecule has 0 radical (unpaired) electrons. The topological polar surface area (TPSA) is 56.2 Å². The Morgan fingerprint density at radius 1 is 1.12 bits per heavy atom. The molecule has 0 saturated heterocycles. The number of carbonyl (C=O) groups is 1. The molecule has 0 atom stereocenters. The molecule has 0 aliphatic carbocycles. The summed E-state index contributed by atoms with van der Waals surface area (Å²) in [4.78, 5) is 11.5. The molecule has 0 bridgehead atoms. The summed E-state index contributed by atoms with van der Waals surface area (Å²) in [6, 6.07) is 10.8. The van der Waals surface area contributed by atoms with Gasteiger partial charge in [-0.25, -0.2) is 0 Å². The van der Waals surface area contributed by atoms with Gasteiger partial charge >= 0.3 is 0 Å². The van der Waals surface area contributed by atoms with Crippen LogP contribution in [0.2, 0.25) is 5.02 Å². The van der Waals surface area contributed by atoms with Gasteiger partial charge in [-0.1, -0.05) is 29.8 Å². The van der Waals surface area contributed by atoms with Crippen LogP contribution in [0, 0.1) is 0 Å². The SMILES string of the molecule is NC(=O)c1c(Cl)ccc2oc3ccccc3c12. The van der Waals surface area contributed by atoms with E-state index < -0.39 is 5.91 Å². The molecule has 0 fully saturated rings. The van der Waals surface area contributed by atoms with Crippen molar-refractivity contribution in [1.29, 1.82) is 0 Å². The molecule has 3 rings (SSSR count). The lowest BCUT2D eigenvalue weighted by Gasteiger charge is -2.00. The molecule has 17 heavy (non-hydrogen) atoms. The highest BCUT2D eigenvalue weighted by atomic mass is 35.5. The van der Waals surface area contributed by atoms with E-state index in [1.165, 1.54) is 0 Å². The van der Waals surface area contributed by atoms with Gasteiger partial charge in [-0.15, -0.1) is 0 Å².